The number of esters is 1. The summed E-state index contributed by atoms with van der Waals surface area (Å²) >= 11 is 1.56. The van der Waals surface area contributed by atoms with Crippen molar-refractivity contribution in [2.75, 3.05) is 12.4 Å². The van der Waals surface area contributed by atoms with Gasteiger partial charge < -0.3 is 10.1 Å². The molecule has 2 heterocycles. The van der Waals surface area contributed by atoms with Crippen LogP contribution in [0.25, 0.3) is 0 Å². The Morgan fingerprint density at radius 3 is 3.18 bits per heavy atom. The summed E-state index contributed by atoms with van der Waals surface area (Å²) in [5, 5.41) is 3.12. The number of anilines is 1. The van der Waals surface area contributed by atoms with Crippen molar-refractivity contribution < 1.29 is 9.53 Å². The van der Waals surface area contributed by atoms with Crippen LogP contribution < -0.4 is 5.32 Å². The molecule has 5 nitrogen and oxygen atoms in total. The van der Waals surface area contributed by atoms with E-state index in [0.717, 1.165) is 4.88 Å². The molecule has 6 heteroatoms. The van der Waals surface area contributed by atoms with Gasteiger partial charge in [-0.1, -0.05) is 0 Å². The van der Waals surface area contributed by atoms with E-state index in [-0.39, 0.29) is 5.97 Å². The van der Waals surface area contributed by atoms with E-state index in [9.17, 15) is 4.79 Å². The summed E-state index contributed by atoms with van der Waals surface area (Å²) < 4.78 is 4.64. The minimum atomic E-state index is -0.367. The van der Waals surface area contributed by atoms with E-state index in [1.165, 1.54) is 7.11 Å². The Hall–Kier alpha value is -1.95. The third-order valence-corrected chi connectivity index (χ3v) is 2.89. The van der Waals surface area contributed by atoms with Crippen LogP contribution in [0.15, 0.2) is 30.0 Å². The van der Waals surface area contributed by atoms with Gasteiger partial charge in [-0.05, 0) is 12.1 Å². The first-order chi connectivity index (χ1) is 8.29. The number of pyridine rings is 1. The lowest BCUT2D eigenvalue weighted by Gasteiger charge is -2.05. The summed E-state index contributed by atoms with van der Waals surface area (Å²) in [6.45, 7) is 0.641. The number of nitrogens with zero attached hydrogens (tertiary/aromatic N) is 2. The maximum absolute atomic E-state index is 11.3. The average Bonchev–Trinajstić information content (AvgIpc) is 2.89. The van der Waals surface area contributed by atoms with Gasteiger partial charge in [0, 0.05) is 17.3 Å². The molecular weight excluding hydrogens is 238 g/mol. The van der Waals surface area contributed by atoms with Gasteiger partial charge in [-0.25, -0.2) is 9.78 Å². The van der Waals surface area contributed by atoms with Gasteiger partial charge in [-0.15, -0.1) is 11.3 Å². The molecule has 0 spiro atoms. The van der Waals surface area contributed by atoms with E-state index in [2.05, 4.69) is 20.0 Å². The summed E-state index contributed by atoms with van der Waals surface area (Å²) in [6, 6.07) is 3.27. The molecule has 0 radical (unpaired) electrons. The third-order valence-electron chi connectivity index (χ3n) is 2.11. The molecule has 88 valence electrons. The summed E-state index contributed by atoms with van der Waals surface area (Å²) in [4.78, 5) is 20.5. The Labute approximate surface area is 102 Å². The molecule has 2 rings (SSSR count). The fourth-order valence-electron chi connectivity index (χ4n) is 1.28. The zero-order chi connectivity index (χ0) is 12.1. The zero-order valence-corrected chi connectivity index (χ0v) is 10.0. The molecule has 2 aromatic rings. The molecule has 0 aliphatic rings. The van der Waals surface area contributed by atoms with E-state index >= 15 is 0 Å². The second-order valence-corrected chi connectivity index (χ2v) is 4.21. The highest BCUT2D eigenvalue weighted by Crippen LogP contribution is 2.11. The monoisotopic (exact) mass is 249 g/mol. The van der Waals surface area contributed by atoms with Crippen molar-refractivity contribution in [3.63, 3.8) is 0 Å². The molecular formula is C11H11N3O2S. The molecule has 2 aromatic heterocycles. The number of thiazole rings is 1. The Morgan fingerprint density at radius 1 is 1.59 bits per heavy atom. The van der Waals surface area contributed by atoms with Crippen LogP contribution in [0.3, 0.4) is 0 Å². The van der Waals surface area contributed by atoms with Gasteiger partial charge in [0.05, 0.1) is 24.7 Å². The van der Waals surface area contributed by atoms with E-state index < -0.39 is 0 Å². The summed E-state index contributed by atoms with van der Waals surface area (Å²) in [5.74, 6) is 0.273. The first-order valence-electron chi connectivity index (χ1n) is 4.95. The van der Waals surface area contributed by atoms with Crippen LogP contribution in [0.1, 0.15) is 15.2 Å². The molecule has 0 amide bonds. The standard InChI is InChI=1S/C11H11N3O2S/c1-16-11(15)8-2-3-13-10(4-8)14-6-9-5-12-7-17-9/h2-5,7H,6H2,1H3,(H,13,14). The molecule has 0 aliphatic carbocycles. The van der Waals surface area contributed by atoms with Crippen LogP contribution in [0, 0.1) is 0 Å². The molecule has 17 heavy (non-hydrogen) atoms. The SMILES string of the molecule is COC(=O)c1ccnc(NCc2cncs2)c1. The first-order valence-corrected chi connectivity index (χ1v) is 5.83. The number of hydrogen-bond donors (Lipinski definition) is 1. The molecule has 0 aromatic carbocycles. The van der Waals surface area contributed by atoms with Crippen molar-refractivity contribution >= 4 is 23.1 Å². The molecule has 0 fully saturated rings. The second kappa shape index (κ2) is 5.40. The summed E-state index contributed by atoms with van der Waals surface area (Å²) in [5.41, 5.74) is 2.25. The van der Waals surface area contributed by atoms with Gasteiger partial charge in [0.25, 0.3) is 0 Å². The van der Waals surface area contributed by atoms with Crippen molar-refractivity contribution in [1.82, 2.24) is 9.97 Å². The lowest BCUT2D eigenvalue weighted by atomic mass is 10.2. The van der Waals surface area contributed by atoms with Crippen molar-refractivity contribution in [2.24, 2.45) is 0 Å². The van der Waals surface area contributed by atoms with E-state index in [1.807, 2.05) is 0 Å². The van der Waals surface area contributed by atoms with Crippen molar-refractivity contribution in [2.45, 2.75) is 6.54 Å². The topological polar surface area (TPSA) is 64.1 Å². The van der Waals surface area contributed by atoms with Crippen molar-refractivity contribution in [3.8, 4) is 0 Å². The predicted octanol–water partition coefficient (Wildman–Crippen LogP) is 1.94. The molecule has 0 aliphatic heterocycles. The Morgan fingerprint density at radius 2 is 2.47 bits per heavy atom. The minimum absolute atomic E-state index is 0.367. The van der Waals surface area contributed by atoms with Crippen molar-refractivity contribution in [1.29, 1.82) is 0 Å². The summed E-state index contributed by atoms with van der Waals surface area (Å²) in [7, 11) is 1.35. The van der Waals surface area contributed by atoms with E-state index in [1.54, 1.807) is 41.4 Å². The van der Waals surface area contributed by atoms with Gasteiger partial charge in [-0.2, -0.15) is 0 Å². The smallest absolute Gasteiger partial charge is 0.338 e. The third kappa shape index (κ3) is 3.01. The number of nitrogens with one attached hydrogen (secondary N) is 1. The molecule has 0 saturated heterocycles. The number of hydrogen-bond acceptors (Lipinski definition) is 6. The minimum Gasteiger partial charge on any atom is -0.465 e. The van der Waals surface area contributed by atoms with Crippen LogP contribution in [-0.2, 0) is 11.3 Å². The Kier molecular flexibility index (Phi) is 3.66. The summed E-state index contributed by atoms with van der Waals surface area (Å²) in [6.07, 6.45) is 3.36. The van der Waals surface area contributed by atoms with Gasteiger partial charge in [-0.3, -0.25) is 4.98 Å². The van der Waals surface area contributed by atoms with Gasteiger partial charge in [0.15, 0.2) is 0 Å². The number of ether oxygens (including phenoxy) is 1. The number of methoxy groups -OCH3 is 1. The lowest BCUT2D eigenvalue weighted by molar-refractivity contribution is 0.0600. The lowest BCUT2D eigenvalue weighted by Crippen LogP contribution is -2.04. The molecule has 0 bridgehead atoms. The molecule has 1 N–H and O–H groups in total. The molecule has 0 atom stereocenters. The van der Waals surface area contributed by atoms with Crippen molar-refractivity contribution in [3.05, 3.63) is 40.5 Å². The Balaban J connectivity index is 2.03. The highest BCUT2D eigenvalue weighted by molar-refractivity contribution is 7.09. The normalized spacial score (nSPS) is 9.94. The first kappa shape index (κ1) is 11.5. The fourth-order valence-corrected chi connectivity index (χ4v) is 1.81. The number of aromatic nitrogens is 2. The number of rotatable bonds is 4. The van der Waals surface area contributed by atoms with E-state index in [0.29, 0.717) is 17.9 Å². The van der Waals surface area contributed by atoms with E-state index in [4.69, 9.17) is 0 Å². The fraction of sp³-hybridized carbons (Fsp3) is 0.182. The Bertz CT molecular complexity index is 499. The van der Waals surface area contributed by atoms with Gasteiger partial charge in [0.1, 0.15) is 5.82 Å². The molecule has 0 saturated carbocycles. The average molecular weight is 249 g/mol. The van der Waals surface area contributed by atoms with Crippen LogP contribution >= 0.6 is 11.3 Å². The van der Waals surface area contributed by atoms with Crippen LogP contribution in [0.2, 0.25) is 0 Å². The van der Waals surface area contributed by atoms with Crippen LogP contribution in [-0.4, -0.2) is 23.0 Å². The maximum Gasteiger partial charge on any atom is 0.338 e. The van der Waals surface area contributed by atoms with Crippen LogP contribution in [0.4, 0.5) is 5.82 Å². The zero-order valence-electron chi connectivity index (χ0n) is 9.21. The van der Waals surface area contributed by atoms with Gasteiger partial charge in [0.2, 0.25) is 0 Å². The highest BCUT2D eigenvalue weighted by atomic mass is 32.1. The quantitative estimate of drug-likeness (QED) is 0.839. The maximum atomic E-state index is 11.3. The van der Waals surface area contributed by atoms with Crippen LogP contribution in [0.5, 0.6) is 0 Å². The molecule has 0 unspecified atom stereocenters. The van der Waals surface area contributed by atoms with Gasteiger partial charge >= 0.3 is 5.97 Å². The predicted molar refractivity (Wildman–Crippen MR) is 65.0 cm³/mol. The number of carbonyl (C=O) groups is 1. The number of carbonyl (C=O) groups excluding carboxylic acids is 1. The highest BCUT2D eigenvalue weighted by Gasteiger charge is 2.06. The second-order valence-electron chi connectivity index (χ2n) is 3.24. The largest absolute Gasteiger partial charge is 0.465 e.